The summed E-state index contributed by atoms with van der Waals surface area (Å²) in [4.78, 5) is 8.88. The number of pyridine rings is 1. The molecule has 1 saturated heterocycles. The molecule has 1 aliphatic heterocycles. The minimum absolute atomic E-state index is 0.112. The van der Waals surface area contributed by atoms with Crippen molar-refractivity contribution in [3.8, 4) is 11.5 Å². The van der Waals surface area contributed by atoms with Gasteiger partial charge in [-0.25, -0.2) is 4.98 Å². The molecule has 0 saturated carbocycles. The van der Waals surface area contributed by atoms with E-state index in [-0.39, 0.29) is 12.0 Å². The SMILES string of the molecule is CCNC1COCC1c1nc(-c2cccc(C)n2)no1. The van der Waals surface area contributed by atoms with Crippen molar-refractivity contribution in [1.82, 2.24) is 20.4 Å². The fraction of sp³-hybridized carbons (Fsp3) is 0.500. The average molecular weight is 274 g/mol. The molecule has 6 nitrogen and oxygen atoms in total. The molecule has 0 amide bonds. The van der Waals surface area contributed by atoms with Crippen molar-refractivity contribution >= 4 is 0 Å². The zero-order valence-electron chi connectivity index (χ0n) is 11.7. The van der Waals surface area contributed by atoms with Crippen molar-refractivity contribution in [3.63, 3.8) is 0 Å². The topological polar surface area (TPSA) is 73.1 Å². The first-order chi connectivity index (χ1) is 9.78. The van der Waals surface area contributed by atoms with E-state index in [4.69, 9.17) is 9.26 Å². The number of nitrogens with one attached hydrogen (secondary N) is 1. The van der Waals surface area contributed by atoms with Crippen LogP contribution in [0.15, 0.2) is 22.7 Å². The van der Waals surface area contributed by atoms with Crippen molar-refractivity contribution < 1.29 is 9.26 Å². The second-order valence-corrected chi connectivity index (χ2v) is 4.93. The van der Waals surface area contributed by atoms with E-state index in [0.717, 1.165) is 17.9 Å². The zero-order chi connectivity index (χ0) is 13.9. The van der Waals surface area contributed by atoms with E-state index < -0.39 is 0 Å². The van der Waals surface area contributed by atoms with Crippen molar-refractivity contribution in [2.45, 2.75) is 25.8 Å². The smallest absolute Gasteiger partial charge is 0.234 e. The van der Waals surface area contributed by atoms with Crippen LogP contribution in [0.1, 0.15) is 24.4 Å². The summed E-state index contributed by atoms with van der Waals surface area (Å²) in [5, 5.41) is 7.42. The minimum atomic E-state index is 0.112. The number of ether oxygens (including phenoxy) is 1. The molecule has 2 aromatic rings. The minimum Gasteiger partial charge on any atom is -0.379 e. The van der Waals surface area contributed by atoms with Crippen LogP contribution in [0.5, 0.6) is 0 Å². The lowest BCUT2D eigenvalue weighted by atomic mass is 10.0. The quantitative estimate of drug-likeness (QED) is 0.911. The van der Waals surface area contributed by atoms with E-state index in [1.165, 1.54) is 0 Å². The van der Waals surface area contributed by atoms with Gasteiger partial charge in [0.15, 0.2) is 0 Å². The maximum atomic E-state index is 5.50. The fourth-order valence-electron chi connectivity index (χ4n) is 2.42. The Bertz CT molecular complexity index is 584. The number of hydrogen-bond acceptors (Lipinski definition) is 6. The standard InChI is InChI=1S/C14H18N4O2/c1-3-15-12-8-19-7-10(12)14-17-13(18-20-14)11-6-4-5-9(2)16-11/h4-6,10,12,15H,3,7-8H2,1-2H3. The van der Waals surface area contributed by atoms with Crippen molar-refractivity contribution in [3.05, 3.63) is 29.8 Å². The highest BCUT2D eigenvalue weighted by molar-refractivity contribution is 5.48. The first-order valence-corrected chi connectivity index (χ1v) is 6.86. The summed E-state index contributed by atoms with van der Waals surface area (Å²) in [5.41, 5.74) is 1.67. The summed E-state index contributed by atoms with van der Waals surface area (Å²) in [6.45, 7) is 6.20. The molecule has 1 N–H and O–H groups in total. The van der Waals surface area contributed by atoms with E-state index in [2.05, 4.69) is 27.4 Å². The van der Waals surface area contributed by atoms with Gasteiger partial charge in [0.25, 0.3) is 0 Å². The van der Waals surface area contributed by atoms with Crippen molar-refractivity contribution in [2.24, 2.45) is 0 Å². The molecule has 2 aromatic heterocycles. The largest absolute Gasteiger partial charge is 0.379 e. The van der Waals surface area contributed by atoms with Gasteiger partial charge in [-0.1, -0.05) is 18.1 Å². The lowest BCUT2D eigenvalue weighted by molar-refractivity contribution is 0.185. The summed E-state index contributed by atoms with van der Waals surface area (Å²) in [7, 11) is 0. The molecule has 2 atom stereocenters. The van der Waals surface area contributed by atoms with Gasteiger partial charge in [-0.05, 0) is 25.6 Å². The molecule has 6 heteroatoms. The van der Waals surface area contributed by atoms with Crippen molar-refractivity contribution in [2.75, 3.05) is 19.8 Å². The molecule has 1 aliphatic rings. The van der Waals surface area contributed by atoms with Gasteiger partial charge in [0.2, 0.25) is 11.7 Å². The highest BCUT2D eigenvalue weighted by atomic mass is 16.5. The molecule has 106 valence electrons. The summed E-state index contributed by atoms with van der Waals surface area (Å²) in [5.74, 6) is 1.26. The Morgan fingerprint density at radius 3 is 3.00 bits per heavy atom. The highest BCUT2D eigenvalue weighted by Gasteiger charge is 2.33. The van der Waals surface area contributed by atoms with Crippen LogP contribution < -0.4 is 5.32 Å². The lowest BCUT2D eigenvalue weighted by Crippen LogP contribution is -2.34. The summed E-state index contributed by atoms with van der Waals surface area (Å²) in [6.07, 6.45) is 0. The Morgan fingerprint density at radius 1 is 1.30 bits per heavy atom. The van der Waals surface area contributed by atoms with Gasteiger partial charge < -0.3 is 14.6 Å². The maximum absolute atomic E-state index is 5.50. The molecule has 3 rings (SSSR count). The Balaban J connectivity index is 1.83. The van der Waals surface area contributed by atoms with E-state index in [1.54, 1.807) is 0 Å². The Hall–Kier alpha value is -1.79. The number of nitrogens with zero attached hydrogens (tertiary/aromatic N) is 3. The molecule has 0 radical (unpaired) electrons. The summed E-state index contributed by atoms with van der Waals surface area (Å²) < 4.78 is 10.9. The van der Waals surface area contributed by atoms with E-state index >= 15 is 0 Å². The second kappa shape index (κ2) is 5.68. The van der Waals surface area contributed by atoms with Gasteiger partial charge in [-0.15, -0.1) is 0 Å². The fourth-order valence-corrected chi connectivity index (χ4v) is 2.42. The molecular weight excluding hydrogens is 256 g/mol. The van der Waals surface area contributed by atoms with Gasteiger partial charge >= 0.3 is 0 Å². The molecule has 20 heavy (non-hydrogen) atoms. The van der Waals surface area contributed by atoms with Crippen LogP contribution in [0.3, 0.4) is 0 Å². The average Bonchev–Trinajstić information content (AvgIpc) is 3.07. The molecule has 3 heterocycles. The Morgan fingerprint density at radius 2 is 2.20 bits per heavy atom. The van der Waals surface area contributed by atoms with Gasteiger partial charge in [-0.2, -0.15) is 4.98 Å². The Kier molecular flexibility index (Phi) is 3.75. The van der Waals surface area contributed by atoms with Crippen LogP contribution in [0.4, 0.5) is 0 Å². The number of aromatic nitrogens is 3. The third kappa shape index (κ3) is 2.57. The predicted octanol–water partition coefficient (Wildman–Crippen LogP) is 1.53. The Labute approximate surface area is 117 Å². The van der Waals surface area contributed by atoms with Crippen LogP contribution in [-0.4, -0.2) is 40.9 Å². The highest BCUT2D eigenvalue weighted by Crippen LogP contribution is 2.26. The molecule has 0 aliphatic carbocycles. The second-order valence-electron chi connectivity index (χ2n) is 4.93. The van der Waals surface area contributed by atoms with Gasteiger partial charge in [0, 0.05) is 11.7 Å². The molecule has 0 aromatic carbocycles. The van der Waals surface area contributed by atoms with Crippen molar-refractivity contribution in [1.29, 1.82) is 0 Å². The van der Waals surface area contributed by atoms with Gasteiger partial charge in [0.05, 0.1) is 19.1 Å². The van der Waals surface area contributed by atoms with E-state index in [1.807, 2.05) is 25.1 Å². The maximum Gasteiger partial charge on any atom is 0.234 e. The number of rotatable bonds is 4. The summed E-state index contributed by atoms with van der Waals surface area (Å²) >= 11 is 0. The monoisotopic (exact) mass is 274 g/mol. The molecule has 0 spiro atoms. The molecular formula is C14H18N4O2. The third-order valence-electron chi connectivity index (χ3n) is 3.42. The zero-order valence-corrected chi connectivity index (χ0v) is 11.7. The van der Waals surface area contributed by atoms with Gasteiger partial charge in [-0.3, -0.25) is 0 Å². The number of likely N-dealkylation sites (N-methyl/N-ethyl adjacent to an activating group) is 1. The molecule has 0 bridgehead atoms. The van der Waals surface area contributed by atoms with Crippen LogP contribution in [0, 0.1) is 6.92 Å². The number of hydrogen-bond donors (Lipinski definition) is 1. The summed E-state index contributed by atoms with van der Waals surface area (Å²) in [6, 6.07) is 6.00. The van der Waals surface area contributed by atoms with Crippen LogP contribution in [0.25, 0.3) is 11.5 Å². The van der Waals surface area contributed by atoms with Gasteiger partial charge in [0.1, 0.15) is 5.69 Å². The third-order valence-corrected chi connectivity index (χ3v) is 3.42. The lowest BCUT2D eigenvalue weighted by Gasteiger charge is -2.13. The first kappa shape index (κ1) is 13.2. The van der Waals surface area contributed by atoms with E-state index in [0.29, 0.717) is 24.9 Å². The molecule has 1 fully saturated rings. The van der Waals surface area contributed by atoms with Crippen LogP contribution in [0.2, 0.25) is 0 Å². The first-order valence-electron chi connectivity index (χ1n) is 6.86. The van der Waals surface area contributed by atoms with E-state index in [9.17, 15) is 0 Å². The normalized spacial score (nSPS) is 22.3. The van der Waals surface area contributed by atoms with Crippen LogP contribution >= 0.6 is 0 Å². The number of aryl methyl sites for hydroxylation is 1. The predicted molar refractivity (Wildman–Crippen MR) is 73.3 cm³/mol. The molecule has 2 unspecified atom stereocenters. The van der Waals surface area contributed by atoms with Crippen LogP contribution in [-0.2, 0) is 4.74 Å².